The summed E-state index contributed by atoms with van der Waals surface area (Å²) in [5, 5.41) is 12.7. The van der Waals surface area contributed by atoms with Crippen LogP contribution in [0.4, 0.5) is 8.78 Å². The zero-order valence-corrected chi connectivity index (χ0v) is 17.3. The molecule has 0 aliphatic carbocycles. The van der Waals surface area contributed by atoms with E-state index in [1.54, 1.807) is 0 Å². The topological polar surface area (TPSA) is 102 Å². The van der Waals surface area contributed by atoms with Crippen LogP contribution >= 0.6 is 0 Å². The van der Waals surface area contributed by atoms with Gasteiger partial charge in [-0.1, -0.05) is 12.1 Å². The van der Waals surface area contributed by atoms with Gasteiger partial charge in [0.2, 0.25) is 0 Å². The number of esters is 2. The molecule has 1 aliphatic heterocycles. The van der Waals surface area contributed by atoms with Crippen molar-refractivity contribution in [2.75, 3.05) is 13.7 Å². The molecule has 7 nitrogen and oxygen atoms in total. The van der Waals surface area contributed by atoms with Gasteiger partial charge in [0.25, 0.3) is 0 Å². The van der Waals surface area contributed by atoms with Crippen molar-refractivity contribution in [3.8, 4) is 0 Å². The number of allylic oxidation sites excluding steroid dienone is 1. The van der Waals surface area contributed by atoms with Gasteiger partial charge in [-0.3, -0.25) is 4.79 Å². The first kappa shape index (κ1) is 23.1. The van der Waals surface area contributed by atoms with Crippen LogP contribution in [0, 0.1) is 5.82 Å². The summed E-state index contributed by atoms with van der Waals surface area (Å²) in [6, 6.07) is 3.72. The summed E-state index contributed by atoms with van der Waals surface area (Å²) in [5.41, 5.74) is -2.89. The summed E-state index contributed by atoms with van der Waals surface area (Å²) in [4.78, 5) is 36.0. The van der Waals surface area contributed by atoms with Gasteiger partial charge < -0.3 is 19.9 Å². The second-order valence-electron chi connectivity index (χ2n) is 7.24. The molecule has 1 aromatic rings. The van der Waals surface area contributed by atoms with Crippen LogP contribution in [0.1, 0.15) is 44.7 Å². The Morgan fingerprint density at radius 3 is 2.37 bits per heavy atom. The highest BCUT2D eigenvalue weighted by molar-refractivity contribution is 5.99. The minimum Gasteiger partial charge on any atom is -0.478 e. The van der Waals surface area contributed by atoms with Gasteiger partial charge >= 0.3 is 17.9 Å². The van der Waals surface area contributed by atoms with Crippen LogP contribution in [-0.4, -0.2) is 36.7 Å². The van der Waals surface area contributed by atoms with Crippen molar-refractivity contribution in [1.82, 2.24) is 5.32 Å². The number of carboxylic acids is 1. The van der Waals surface area contributed by atoms with E-state index in [0.717, 1.165) is 33.9 Å². The standard InChI is InChI=1S/C21H23F2NO6/c1-10-15(20(28)29-5)16(12-7-6-8-13(22)18(12)21(3,4)23)17(19(26)27)14(24-10)9-30-11(2)25/h6-8,16,24H,9H2,1-5H3,(H,26,27). The van der Waals surface area contributed by atoms with Crippen LogP contribution in [0.15, 0.2) is 40.7 Å². The highest BCUT2D eigenvalue weighted by atomic mass is 19.1. The molecular weight excluding hydrogens is 400 g/mol. The molecular formula is C21H23F2NO6. The molecule has 0 fully saturated rings. The molecule has 1 aromatic carbocycles. The molecule has 1 unspecified atom stereocenters. The quantitative estimate of drug-likeness (QED) is 0.678. The maximum atomic E-state index is 15.0. The van der Waals surface area contributed by atoms with E-state index in [1.807, 2.05) is 0 Å². The second kappa shape index (κ2) is 8.64. The van der Waals surface area contributed by atoms with E-state index < -0.39 is 41.9 Å². The third-order valence-electron chi connectivity index (χ3n) is 4.65. The molecule has 0 spiro atoms. The van der Waals surface area contributed by atoms with Crippen molar-refractivity contribution in [3.05, 3.63) is 57.7 Å². The number of benzene rings is 1. The molecule has 0 amide bonds. The first-order chi connectivity index (χ1) is 13.9. The third-order valence-corrected chi connectivity index (χ3v) is 4.65. The fourth-order valence-corrected chi connectivity index (χ4v) is 3.54. The molecule has 9 heteroatoms. The number of hydrogen-bond donors (Lipinski definition) is 2. The van der Waals surface area contributed by atoms with Crippen molar-refractivity contribution >= 4 is 17.9 Å². The Morgan fingerprint density at radius 1 is 1.23 bits per heavy atom. The maximum absolute atomic E-state index is 15.0. The number of methoxy groups -OCH3 is 1. The lowest BCUT2D eigenvalue weighted by Gasteiger charge is -2.33. The second-order valence-corrected chi connectivity index (χ2v) is 7.24. The van der Waals surface area contributed by atoms with Crippen LogP contribution in [-0.2, 0) is 29.5 Å². The maximum Gasteiger partial charge on any atom is 0.336 e. The van der Waals surface area contributed by atoms with Crippen molar-refractivity contribution in [3.63, 3.8) is 0 Å². The minimum atomic E-state index is -2.18. The van der Waals surface area contributed by atoms with E-state index in [9.17, 15) is 28.3 Å². The lowest BCUT2D eigenvalue weighted by atomic mass is 9.76. The molecule has 0 bridgehead atoms. The number of dihydropyridines is 1. The van der Waals surface area contributed by atoms with E-state index in [-0.39, 0.29) is 33.7 Å². The van der Waals surface area contributed by atoms with Crippen molar-refractivity contribution in [1.29, 1.82) is 0 Å². The number of hydrogen-bond acceptors (Lipinski definition) is 6. The summed E-state index contributed by atoms with van der Waals surface area (Å²) in [7, 11) is 1.11. The summed E-state index contributed by atoms with van der Waals surface area (Å²) in [5.74, 6) is -5.20. The van der Waals surface area contributed by atoms with Crippen LogP contribution < -0.4 is 5.32 Å². The number of carbonyl (C=O) groups excluding carboxylic acids is 2. The van der Waals surface area contributed by atoms with Gasteiger partial charge in [-0.25, -0.2) is 18.4 Å². The molecule has 0 saturated heterocycles. The first-order valence-corrected chi connectivity index (χ1v) is 9.03. The summed E-state index contributed by atoms with van der Waals surface area (Å²) < 4.78 is 39.4. The zero-order valence-electron chi connectivity index (χ0n) is 17.3. The van der Waals surface area contributed by atoms with Crippen molar-refractivity contribution in [2.45, 2.75) is 39.3 Å². The molecule has 30 heavy (non-hydrogen) atoms. The summed E-state index contributed by atoms with van der Waals surface area (Å²) in [6.45, 7) is 4.48. The average Bonchev–Trinajstić information content (AvgIpc) is 2.63. The highest BCUT2D eigenvalue weighted by Crippen LogP contribution is 2.44. The van der Waals surface area contributed by atoms with Crippen LogP contribution in [0.2, 0.25) is 0 Å². The van der Waals surface area contributed by atoms with Gasteiger partial charge in [-0.05, 0) is 32.4 Å². The van der Waals surface area contributed by atoms with E-state index in [2.05, 4.69) is 5.32 Å². The highest BCUT2D eigenvalue weighted by Gasteiger charge is 2.41. The number of ether oxygens (including phenoxy) is 2. The number of carboxylic acid groups (broad SMARTS) is 1. The van der Waals surface area contributed by atoms with Gasteiger partial charge in [-0.15, -0.1) is 0 Å². The van der Waals surface area contributed by atoms with E-state index in [1.165, 1.54) is 19.1 Å². The molecule has 0 saturated carbocycles. The number of aliphatic carboxylic acids is 1. The Balaban J connectivity index is 2.88. The molecule has 2 rings (SSSR count). The number of nitrogens with one attached hydrogen (secondary N) is 1. The number of halogens is 2. The minimum absolute atomic E-state index is 0.0141. The van der Waals surface area contributed by atoms with Gasteiger partial charge in [-0.2, -0.15) is 0 Å². The number of carbonyl (C=O) groups is 3. The fourth-order valence-electron chi connectivity index (χ4n) is 3.54. The third kappa shape index (κ3) is 4.50. The Kier molecular flexibility index (Phi) is 6.64. The Bertz CT molecular complexity index is 959. The van der Waals surface area contributed by atoms with Crippen molar-refractivity contribution in [2.24, 2.45) is 0 Å². The molecule has 2 N–H and O–H groups in total. The average molecular weight is 423 g/mol. The fraction of sp³-hybridized carbons (Fsp3) is 0.381. The normalized spacial score (nSPS) is 16.8. The lowest BCUT2D eigenvalue weighted by molar-refractivity contribution is -0.141. The molecule has 0 aromatic heterocycles. The monoisotopic (exact) mass is 423 g/mol. The van der Waals surface area contributed by atoms with E-state index in [0.29, 0.717) is 0 Å². The van der Waals surface area contributed by atoms with Crippen LogP contribution in [0.3, 0.4) is 0 Å². The SMILES string of the molecule is COC(=O)C1=C(C)NC(COC(C)=O)=C(C(=O)O)C1c1cccc(F)c1C(C)(C)F. The van der Waals surface area contributed by atoms with Gasteiger partial charge in [0.1, 0.15) is 18.1 Å². The molecule has 1 aliphatic rings. The molecule has 1 atom stereocenters. The molecule has 1 heterocycles. The number of rotatable bonds is 6. The van der Waals surface area contributed by atoms with E-state index in [4.69, 9.17) is 9.47 Å². The lowest BCUT2D eigenvalue weighted by Crippen LogP contribution is -2.35. The zero-order chi connectivity index (χ0) is 22.8. The smallest absolute Gasteiger partial charge is 0.336 e. The van der Waals surface area contributed by atoms with Crippen LogP contribution in [0.5, 0.6) is 0 Å². The Hall–Kier alpha value is -3.23. The molecule has 162 valence electrons. The Morgan fingerprint density at radius 2 is 1.87 bits per heavy atom. The summed E-state index contributed by atoms with van der Waals surface area (Å²) in [6.07, 6.45) is 0. The van der Waals surface area contributed by atoms with E-state index >= 15 is 0 Å². The van der Waals surface area contributed by atoms with Gasteiger partial charge in [0.15, 0.2) is 0 Å². The van der Waals surface area contributed by atoms with Gasteiger partial charge in [0, 0.05) is 18.2 Å². The number of alkyl halides is 1. The first-order valence-electron chi connectivity index (χ1n) is 9.03. The summed E-state index contributed by atoms with van der Waals surface area (Å²) >= 11 is 0. The van der Waals surface area contributed by atoms with Crippen LogP contribution in [0.25, 0.3) is 0 Å². The molecule has 0 radical (unpaired) electrons. The van der Waals surface area contributed by atoms with Gasteiger partial charge in [0.05, 0.1) is 29.9 Å². The largest absolute Gasteiger partial charge is 0.478 e. The van der Waals surface area contributed by atoms with Crippen molar-refractivity contribution < 1.29 is 37.7 Å². The predicted octanol–water partition coefficient (Wildman–Crippen LogP) is 3.07. The predicted molar refractivity (Wildman–Crippen MR) is 102 cm³/mol. The Labute approximate surface area is 172 Å².